The van der Waals surface area contributed by atoms with Crippen molar-refractivity contribution in [3.63, 3.8) is 0 Å². The minimum Gasteiger partial charge on any atom is -0.306 e. The van der Waals surface area contributed by atoms with Gasteiger partial charge in [-0.05, 0) is 55.2 Å². The van der Waals surface area contributed by atoms with Crippen LogP contribution in [0.1, 0.15) is 36.2 Å². The van der Waals surface area contributed by atoms with E-state index in [9.17, 15) is 0 Å². The largest absolute Gasteiger partial charge is 0.306 e. The maximum absolute atomic E-state index is 6.25. The summed E-state index contributed by atoms with van der Waals surface area (Å²) in [4.78, 5) is 1.47. The predicted molar refractivity (Wildman–Crippen MR) is 87.5 cm³/mol. The van der Waals surface area contributed by atoms with E-state index < -0.39 is 0 Å². The minimum absolute atomic E-state index is 0.433. The van der Waals surface area contributed by atoms with E-state index in [2.05, 4.69) is 41.9 Å². The molecule has 1 aromatic carbocycles. The average Bonchev–Trinajstić information content (AvgIpc) is 3.13. The second-order valence-electron chi connectivity index (χ2n) is 5.69. The van der Waals surface area contributed by atoms with Crippen LogP contribution in [-0.4, -0.2) is 6.04 Å². The molecule has 1 fully saturated rings. The summed E-state index contributed by atoms with van der Waals surface area (Å²) >= 11 is 8.12. The van der Waals surface area contributed by atoms with Crippen molar-refractivity contribution in [2.75, 3.05) is 0 Å². The standard InChI is InChI=1S/C17H20ClNS/c1-12(11-14-5-2-3-6-15(14)18)19-17(13-8-9-13)16-7-4-10-20-16/h2-7,10,12-13,17,19H,8-9,11H2,1H3. The van der Waals surface area contributed by atoms with Crippen molar-refractivity contribution >= 4 is 22.9 Å². The Kier molecular flexibility index (Phi) is 4.45. The lowest BCUT2D eigenvalue weighted by Crippen LogP contribution is -2.33. The van der Waals surface area contributed by atoms with Crippen LogP contribution in [-0.2, 0) is 6.42 Å². The Labute approximate surface area is 130 Å². The number of hydrogen-bond acceptors (Lipinski definition) is 2. The first-order chi connectivity index (χ1) is 9.74. The van der Waals surface area contributed by atoms with Crippen molar-refractivity contribution in [1.82, 2.24) is 5.32 Å². The van der Waals surface area contributed by atoms with Crippen molar-refractivity contribution in [3.05, 3.63) is 57.2 Å². The zero-order chi connectivity index (χ0) is 13.9. The van der Waals surface area contributed by atoms with Gasteiger partial charge in [0.2, 0.25) is 0 Å². The van der Waals surface area contributed by atoms with Gasteiger partial charge in [0.1, 0.15) is 0 Å². The first-order valence-corrected chi connectivity index (χ1v) is 8.52. The van der Waals surface area contributed by atoms with E-state index in [1.54, 1.807) is 0 Å². The topological polar surface area (TPSA) is 12.0 Å². The predicted octanol–water partition coefficient (Wildman–Crippen LogP) is 5.07. The van der Waals surface area contributed by atoms with Crippen LogP contribution in [0.5, 0.6) is 0 Å². The van der Waals surface area contributed by atoms with E-state index in [1.165, 1.54) is 23.3 Å². The van der Waals surface area contributed by atoms with E-state index in [0.717, 1.165) is 17.4 Å². The van der Waals surface area contributed by atoms with Gasteiger partial charge in [-0.1, -0.05) is 35.9 Å². The Morgan fingerprint density at radius 2 is 2.05 bits per heavy atom. The fourth-order valence-electron chi connectivity index (χ4n) is 2.71. The Hall–Kier alpha value is -0.830. The second kappa shape index (κ2) is 6.30. The van der Waals surface area contributed by atoms with E-state index in [0.29, 0.717) is 12.1 Å². The Morgan fingerprint density at radius 3 is 2.70 bits per heavy atom. The van der Waals surface area contributed by atoms with Gasteiger partial charge in [0.15, 0.2) is 0 Å². The normalized spacial score (nSPS) is 17.9. The van der Waals surface area contributed by atoms with Gasteiger partial charge in [0, 0.05) is 22.0 Å². The summed E-state index contributed by atoms with van der Waals surface area (Å²) in [5.41, 5.74) is 1.23. The molecule has 1 aromatic heterocycles. The molecule has 1 aliphatic carbocycles. The number of thiophene rings is 1. The summed E-state index contributed by atoms with van der Waals surface area (Å²) in [6, 6.07) is 13.5. The van der Waals surface area contributed by atoms with Crippen molar-refractivity contribution in [3.8, 4) is 0 Å². The van der Waals surface area contributed by atoms with Gasteiger partial charge in [-0.25, -0.2) is 0 Å². The third-order valence-corrected chi connectivity index (χ3v) is 5.22. The fourth-order valence-corrected chi connectivity index (χ4v) is 3.80. The van der Waals surface area contributed by atoms with Gasteiger partial charge >= 0.3 is 0 Å². The Morgan fingerprint density at radius 1 is 1.25 bits per heavy atom. The SMILES string of the molecule is CC(Cc1ccccc1Cl)NC(c1cccs1)C1CC1. The van der Waals surface area contributed by atoms with Crippen LogP contribution in [0.2, 0.25) is 5.02 Å². The molecule has 0 spiro atoms. The molecule has 2 aromatic rings. The van der Waals surface area contributed by atoms with Gasteiger partial charge in [-0.15, -0.1) is 11.3 Å². The minimum atomic E-state index is 0.433. The molecule has 2 atom stereocenters. The summed E-state index contributed by atoms with van der Waals surface area (Å²) in [5, 5.41) is 6.86. The molecule has 2 unspecified atom stereocenters. The number of rotatable bonds is 6. The second-order valence-corrected chi connectivity index (χ2v) is 7.08. The third-order valence-electron chi connectivity index (χ3n) is 3.89. The molecular formula is C17H20ClNS. The maximum atomic E-state index is 6.25. The van der Waals surface area contributed by atoms with Crippen molar-refractivity contribution in [1.29, 1.82) is 0 Å². The lowest BCUT2D eigenvalue weighted by atomic mass is 10.0. The number of hydrogen-bond donors (Lipinski definition) is 1. The molecule has 3 heteroatoms. The molecular weight excluding hydrogens is 286 g/mol. The monoisotopic (exact) mass is 305 g/mol. The maximum Gasteiger partial charge on any atom is 0.0445 e. The van der Waals surface area contributed by atoms with Crippen molar-refractivity contribution in [2.45, 2.75) is 38.3 Å². The molecule has 1 saturated carbocycles. The zero-order valence-corrected chi connectivity index (χ0v) is 13.3. The average molecular weight is 306 g/mol. The van der Waals surface area contributed by atoms with Crippen LogP contribution < -0.4 is 5.32 Å². The summed E-state index contributed by atoms with van der Waals surface area (Å²) in [5.74, 6) is 0.822. The molecule has 0 radical (unpaired) electrons. The van der Waals surface area contributed by atoms with Crippen LogP contribution in [0.15, 0.2) is 41.8 Å². The van der Waals surface area contributed by atoms with Crippen LogP contribution >= 0.6 is 22.9 Å². The quantitative estimate of drug-likeness (QED) is 0.785. The highest BCUT2D eigenvalue weighted by Gasteiger charge is 2.33. The molecule has 1 N–H and O–H groups in total. The molecule has 20 heavy (non-hydrogen) atoms. The number of benzene rings is 1. The van der Waals surface area contributed by atoms with Gasteiger partial charge in [-0.2, -0.15) is 0 Å². The number of halogens is 1. The van der Waals surface area contributed by atoms with Gasteiger partial charge < -0.3 is 5.32 Å². The molecule has 0 aliphatic heterocycles. The van der Waals surface area contributed by atoms with Crippen LogP contribution in [0.3, 0.4) is 0 Å². The summed E-state index contributed by atoms with van der Waals surface area (Å²) in [7, 11) is 0. The molecule has 3 rings (SSSR count). The fraction of sp³-hybridized carbons (Fsp3) is 0.412. The summed E-state index contributed by atoms with van der Waals surface area (Å²) in [6.07, 6.45) is 3.69. The first-order valence-electron chi connectivity index (χ1n) is 7.27. The van der Waals surface area contributed by atoms with Crippen LogP contribution in [0, 0.1) is 5.92 Å². The van der Waals surface area contributed by atoms with E-state index in [1.807, 2.05) is 23.5 Å². The third kappa shape index (κ3) is 3.43. The van der Waals surface area contributed by atoms with Gasteiger partial charge in [0.25, 0.3) is 0 Å². The molecule has 106 valence electrons. The van der Waals surface area contributed by atoms with Gasteiger partial charge in [0.05, 0.1) is 0 Å². The lowest BCUT2D eigenvalue weighted by molar-refractivity contribution is 0.422. The van der Waals surface area contributed by atoms with Crippen LogP contribution in [0.25, 0.3) is 0 Å². The highest BCUT2D eigenvalue weighted by Crippen LogP contribution is 2.42. The summed E-state index contributed by atoms with van der Waals surface area (Å²) < 4.78 is 0. The highest BCUT2D eigenvalue weighted by atomic mass is 35.5. The van der Waals surface area contributed by atoms with Crippen molar-refractivity contribution < 1.29 is 0 Å². The Bertz CT molecular complexity index is 548. The van der Waals surface area contributed by atoms with E-state index >= 15 is 0 Å². The lowest BCUT2D eigenvalue weighted by Gasteiger charge is -2.23. The molecule has 0 amide bonds. The van der Waals surface area contributed by atoms with Crippen molar-refractivity contribution in [2.24, 2.45) is 5.92 Å². The van der Waals surface area contributed by atoms with E-state index in [-0.39, 0.29) is 0 Å². The molecule has 1 aliphatic rings. The molecule has 0 bridgehead atoms. The molecule has 1 nitrogen and oxygen atoms in total. The molecule has 0 saturated heterocycles. The number of nitrogens with one attached hydrogen (secondary N) is 1. The Balaban J connectivity index is 1.65. The van der Waals surface area contributed by atoms with Crippen LogP contribution in [0.4, 0.5) is 0 Å². The highest BCUT2D eigenvalue weighted by molar-refractivity contribution is 7.10. The smallest absolute Gasteiger partial charge is 0.0445 e. The van der Waals surface area contributed by atoms with Gasteiger partial charge in [-0.3, -0.25) is 0 Å². The van der Waals surface area contributed by atoms with E-state index in [4.69, 9.17) is 11.6 Å². The summed E-state index contributed by atoms with van der Waals surface area (Å²) in [6.45, 7) is 2.26. The molecule has 1 heterocycles. The zero-order valence-electron chi connectivity index (χ0n) is 11.7. The first kappa shape index (κ1) is 14.1.